The van der Waals surface area contributed by atoms with Crippen molar-refractivity contribution in [3.8, 4) is 0 Å². The normalized spacial score (nSPS) is 41.6. The molecule has 0 amide bonds. The lowest BCUT2D eigenvalue weighted by atomic mass is 9.88. The molecule has 1 heteroatoms. The van der Waals surface area contributed by atoms with Gasteiger partial charge in [-0.25, -0.2) is 0 Å². The van der Waals surface area contributed by atoms with Crippen LogP contribution in [0.1, 0.15) is 32.1 Å². The molecule has 0 unspecified atom stereocenters. The van der Waals surface area contributed by atoms with E-state index in [-0.39, 0.29) is 0 Å². The van der Waals surface area contributed by atoms with Crippen molar-refractivity contribution >= 4 is 5.78 Å². The molecule has 2 bridgehead atoms. The molecule has 9 heavy (non-hydrogen) atoms. The van der Waals surface area contributed by atoms with Crippen molar-refractivity contribution in [1.82, 2.24) is 0 Å². The zero-order valence-electron chi connectivity index (χ0n) is 5.60. The number of Topliss-reactive ketones (excluding diaryl/α,β-unsaturated/α-hetero) is 1. The number of fused-ring (bicyclic) bond motifs is 2. The van der Waals surface area contributed by atoms with Gasteiger partial charge in [-0.3, -0.25) is 4.79 Å². The Morgan fingerprint density at radius 2 is 2.11 bits per heavy atom. The number of hydrogen-bond acceptors (Lipinski definition) is 1. The van der Waals surface area contributed by atoms with E-state index in [1.54, 1.807) is 0 Å². The molecule has 0 aliphatic heterocycles. The molecule has 2 aliphatic rings. The highest BCUT2D eigenvalue weighted by atomic mass is 16.1. The van der Waals surface area contributed by atoms with Crippen LogP contribution in [0.5, 0.6) is 0 Å². The van der Waals surface area contributed by atoms with Crippen LogP contribution < -0.4 is 0 Å². The van der Waals surface area contributed by atoms with Crippen LogP contribution in [0.2, 0.25) is 0 Å². The summed E-state index contributed by atoms with van der Waals surface area (Å²) in [6, 6.07) is 0. The zero-order valence-corrected chi connectivity index (χ0v) is 5.60. The fraction of sp³-hybridized carbons (Fsp3) is 0.875. The lowest BCUT2D eigenvalue weighted by Gasteiger charge is -2.15. The van der Waals surface area contributed by atoms with Gasteiger partial charge in [0.2, 0.25) is 0 Å². The van der Waals surface area contributed by atoms with E-state index in [9.17, 15) is 4.79 Å². The first kappa shape index (κ1) is 5.45. The van der Waals surface area contributed by atoms with Crippen molar-refractivity contribution in [1.29, 1.82) is 0 Å². The fourth-order valence-corrected chi connectivity index (χ4v) is 2.18. The summed E-state index contributed by atoms with van der Waals surface area (Å²) in [5.74, 6) is 1.96. The van der Waals surface area contributed by atoms with Crippen molar-refractivity contribution in [3.63, 3.8) is 0 Å². The quantitative estimate of drug-likeness (QED) is 0.481. The highest BCUT2D eigenvalue weighted by Crippen LogP contribution is 2.39. The lowest BCUT2D eigenvalue weighted by molar-refractivity contribution is -0.124. The molecule has 0 saturated heterocycles. The summed E-state index contributed by atoms with van der Waals surface area (Å²) < 4.78 is 0. The Hall–Kier alpha value is -0.330. The van der Waals surface area contributed by atoms with Crippen LogP contribution >= 0.6 is 0 Å². The third-order valence-electron chi connectivity index (χ3n) is 2.80. The Bertz CT molecular complexity index is 140. The third-order valence-corrected chi connectivity index (χ3v) is 2.80. The van der Waals surface area contributed by atoms with Crippen molar-refractivity contribution in [2.45, 2.75) is 32.1 Å². The summed E-state index contributed by atoms with van der Waals surface area (Å²) in [6.07, 6.45) is 5.82. The van der Waals surface area contributed by atoms with Gasteiger partial charge in [-0.05, 0) is 31.6 Å². The van der Waals surface area contributed by atoms with Crippen molar-refractivity contribution in [2.24, 2.45) is 11.8 Å². The molecule has 0 spiro atoms. The van der Waals surface area contributed by atoms with Crippen LogP contribution in [-0.4, -0.2) is 5.78 Å². The molecule has 0 aromatic carbocycles. The van der Waals surface area contributed by atoms with Crippen LogP contribution in [0.4, 0.5) is 0 Å². The van der Waals surface area contributed by atoms with Gasteiger partial charge in [0.25, 0.3) is 0 Å². The summed E-state index contributed by atoms with van der Waals surface area (Å²) in [4.78, 5) is 11.1. The van der Waals surface area contributed by atoms with Crippen LogP contribution in [0.3, 0.4) is 0 Å². The molecule has 0 N–H and O–H groups in total. The third kappa shape index (κ3) is 0.790. The van der Waals surface area contributed by atoms with Gasteiger partial charge in [0.15, 0.2) is 0 Å². The Morgan fingerprint density at radius 1 is 1.22 bits per heavy atom. The molecular weight excluding hydrogens is 112 g/mol. The first-order valence-electron chi connectivity index (χ1n) is 3.89. The zero-order chi connectivity index (χ0) is 6.27. The van der Waals surface area contributed by atoms with Gasteiger partial charge in [-0.1, -0.05) is 0 Å². The maximum atomic E-state index is 11.1. The van der Waals surface area contributed by atoms with Crippen LogP contribution in [0.15, 0.2) is 0 Å². The summed E-state index contributed by atoms with van der Waals surface area (Å²) in [6.45, 7) is 0. The van der Waals surface area contributed by atoms with E-state index in [1.807, 2.05) is 0 Å². The molecule has 0 aromatic heterocycles. The van der Waals surface area contributed by atoms with E-state index in [0.29, 0.717) is 11.7 Å². The van der Waals surface area contributed by atoms with Crippen molar-refractivity contribution in [3.05, 3.63) is 0 Å². The summed E-state index contributed by atoms with van der Waals surface area (Å²) in [7, 11) is 0. The minimum Gasteiger partial charge on any atom is -0.299 e. The first-order chi connectivity index (χ1) is 4.36. The molecule has 2 rings (SSSR count). The Labute approximate surface area is 55.4 Å². The molecule has 0 heterocycles. The van der Waals surface area contributed by atoms with Crippen LogP contribution in [0, 0.1) is 11.8 Å². The van der Waals surface area contributed by atoms with E-state index in [1.165, 1.54) is 25.7 Å². The number of rotatable bonds is 0. The van der Waals surface area contributed by atoms with E-state index < -0.39 is 0 Å². The van der Waals surface area contributed by atoms with Crippen molar-refractivity contribution in [2.75, 3.05) is 0 Å². The lowest BCUT2D eigenvalue weighted by Crippen LogP contribution is -2.16. The van der Waals surface area contributed by atoms with Gasteiger partial charge in [0.05, 0.1) is 0 Å². The van der Waals surface area contributed by atoms with Gasteiger partial charge in [0, 0.05) is 12.3 Å². The smallest absolute Gasteiger partial charge is 0.135 e. The fourth-order valence-electron chi connectivity index (χ4n) is 2.18. The molecular formula is C8H12O. The summed E-state index contributed by atoms with van der Waals surface area (Å²) in [5, 5.41) is 0. The minimum atomic E-state index is 0.490. The van der Waals surface area contributed by atoms with Gasteiger partial charge in [-0.2, -0.15) is 0 Å². The SMILES string of the molecule is O=C1CC[C@H]2CC[C@H]1C2. The van der Waals surface area contributed by atoms with Crippen molar-refractivity contribution < 1.29 is 4.79 Å². The predicted molar refractivity (Wildman–Crippen MR) is 35.1 cm³/mol. The van der Waals surface area contributed by atoms with Gasteiger partial charge in [0.1, 0.15) is 5.78 Å². The topological polar surface area (TPSA) is 17.1 Å². The summed E-state index contributed by atoms with van der Waals surface area (Å²) >= 11 is 0. The highest BCUT2D eigenvalue weighted by Gasteiger charge is 2.33. The average Bonchev–Trinajstić information content (AvgIpc) is 2.25. The molecule has 2 aliphatic carbocycles. The maximum absolute atomic E-state index is 11.1. The molecule has 2 fully saturated rings. The van der Waals surface area contributed by atoms with Crippen LogP contribution in [-0.2, 0) is 4.79 Å². The largest absolute Gasteiger partial charge is 0.299 e. The van der Waals surface area contributed by atoms with Crippen LogP contribution in [0.25, 0.3) is 0 Å². The molecule has 1 nitrogen and oxygen atoms in total. The highest BCUT2D eigenvalue weighted by molar-refractivity contribution is 5.82. The Balaban J connectivity index is 2.14. The Morgan fingerprint density at radius 3 is 2.89 bits per heavy atom. The predicted octanol–water partition coefficient (Wildman–Crippen LogP) is 1.77. The molecule has 0 aromatic rings. The van der Waals surface area contributed by atoms with E-state index in [0.717, 1.165) is 12.3 Å². The number of carbonyl (C=O) groups is 1. The summed E-state index contributed by atoms with van der Waals surface area (Å²) in [5.41, 5.74) is 0. The van der Waals surface area contributed by atoms with Gasteiger partial charge >= 0.3 is 0 Å². The minimum absolute atomic E-state index is 0.490. The number of hydrogen-bond donors (Lipinski definition) is 0. The Kier molecular flexibility index (Phi) is 1.11. The second kappa shape index (κ2) is 1.83. The number of ketones is 1. The molecule has 2 atom stereocenters. The standard InChI is InChI=1S/C8H12O/c9-8-4-2-6-1-3-7(8)5-6/h6-7H,1-5H2/t6-,7+/m1/s1. The average molecular weight is 124 g/mol. The van der Waals surface area contributed by atoms with E-state index in [2.05, 4.69) is 0 Å². The van der Waals surface area contributed by atoms with E-state index >= 15 is 0 Å². The van der Waals surface area contributed by atoms with E-state index in [4.69, 9.17) is 0 Å². The van der Waals surface area contributed by atoms with Gasteiger partial charge in [-0.15, -0.1) is 0 Å². The molecule has 2 saturated carbocycles. The first-order valence-corrected chi connectivity index (χ1v) is 3.89. The molecule has 0 radical (unpaired) electrons. The maximum Gasteiger partial charge on any atom is 0.135 e. The monoisotopic (exact) mass is 124 g/mol. The van der Waals surface area contributed by atoms with Gasteiger partial charge < -0.3 is 0 Å². The second-order valence-electron chi connectivity index (χ2n) is 3.38. The number of carbonyl (C=O) groups excluding carboxylic acids is 1. The second-order valence-corrected chi connectivity index (χ2v) is 3.38. The molecule has 50 valence electrons.